The van der Waals surface area contributed by atoms with Crippen LogP contribution in [0.1, 0.15) is 24.0 Å². The highest BCUT2D eigenvalue weighted by Crippen LogP contribution is 2.29. The maximum absolute atomic E-state index is 5.96. The van der Waals surface area contributed by atoms with Gasteiger partial charge < -0.3 is 5.73 Å². The molecule has 1 atom stereocenters. The van der Waals surface area contributed by atoms with Crippen LogP contribution in [-0.4, -0.2) is 6.54 Å². The Balaban J connectivity index is 3.15. The second-order valence-corrected chi connectivity index (χ2v) is 4.52. The summed E-state index contributed by atoms with van der Waals surface area (Å²) in [4.78, 5) is 0. The van der Waals surface area contributed by atoms with E-state index in [1.165, 1.54) is 11.1 Å². The Morgan fingerprint density at radius 2 is 2.15 bits per heavy atom. The standard InChI is InChI=1S/C10H13BrClN/c1-6-3-10(12)9(11)4-8(6)7(2)5-13/h3-4,7H,5,13H2,1-2H3. The monoisotopic (exact) mass is 261 g/mol. The van der Waals surface area contributed by atoms with Crippen molar-refractivity contribution in [3.05, 3.63) is 32.8 Å². The number of halogens is 2. The molecular formula is C10H13BrClN. The van der Waals surface area contributed by atoms with Crippen molar-refractivity contribution in [2.24, 2.45) is 5.73 Å². The van der Waals surface area contributed by atoms with Crippen molar-refractivity contribution in [3.8, 4) is 0 Å². The summed E-state index contributed by atoms with van der Waals surface area (Å²) in [6, 6.07) is 4.02. The van der Waals surface area contributed by atoms with Gasteiger partial charge in [0.15, 0.2) is 0 Å². The maximum Gasteiger partial charge on any atom is 0.0550 e. The van der Waals surface area contributed by atoms with Gasteiger partial charge in [-0.2, -0.15) is 0 Å². The van der Waals surface area contributed by atoms with E-state index in [0.29, 0.717) is 12.5 Å². The van der Waals surface area contributed by atoms with E-state index in [9.17, 15) is 0 Å². The molecule has 13 heavy (non-hydrogen) atoms. The van der Waals surface area contributed by atoms with Crippen LogP contribution < -0.4 is 5.73 Å². The van der Waals surface area contributed by atoms with Crippen LogP contribution >= 0.6 is 27.5 Å². The van der Waals surface area contributed by atoms with Gasteiger partial charge in [-0.1, -0.05) is 18.5 Å². The quantitative estimate of drug-likeness (QED) is 0.868. The van der Waals surface area contributed by atoms with E-state index < -0.39 is 0 Å². The largest absolute Gasteiger partial charge is 0.330 e. The molecule has 0 fully saturated rings. The molecule has 1 rings (SSSR count). The number of hydrogen-bond acceptors (Lipinski definition) is 1. The van der Waals surface area contributed by atoms with Crippen molar-refractivity contribution in [2.75, 3.05) is 6.54 Å². The Morgan fingerprint density at radius 1 is 1.54 bits per heavy atom. The van der Waals surface area contributed by atoms with Crippen molar-refractivity contribution in [2.45, 2.75) is 19.8 Å². The first kappa shape index (κ1) is 11.0. The Bertz CT molecular complexity index is 312. The molecule has 0 aliphatic rings. The van der Waals surface area contributed by atoms with Gasteiger partial charge in [-0.3, -0.25) is 0 Å². The van der Waals surface area contributed by atoms with E-state index in [-0.39, 0.29) is 0 Å². The van der Waals surface area contributed by atoms with E-state index in [4.69, 9.17) is 17.3 Å². The molecule has 1 nitrogen and oxygen atoms in total. The summed E-state index contributed by atoms with van der Waals surface area (Å²) in [5.74, 6) is 0.383. The van der Waals surface area contributed by atoms with Crippen LogP contribution in [-0.2, 0) is 0 Å². The predicted octanol–water partition coefficient (Wildman–Crippen LogP) is 3.47. The summed E-state index contributed by atoms with van der Waals surface area (Å²) in [5.41, 5.74) is 8.08. The van der Waals surface area contributed by atoms with E-state index in [1.54, 1.807) is 0 Å². The van der Waals surface area contributed by atoms with Gasteiger partial charge in [0.2, 0.25) is 0 Å². The third-order valence-corrected chi connectivity index (χ3v) is 3.39. The molecule has 0 spiro atoms. The zero-order chi connectivity index (χ0) is 10.0. The molecule has 0 heterocycles. The summed E-state index contributed by atoms with van der Waals surface area (Å²) in [6.45, 7) is 4.83. The van der Waals surface area contributed by atoms with Crippen LogP contribution in [0.25, 0.3) is 0 Å². The summed E-state index contributed by atoms with van der Waals surface area (Å²) in [5, 5.41) is 0.755. The molecule has 0 aliphatic carbocycles. The Kier molecular flexibility index (Phi) is 3.77. The first-order valence-electron chi connectivity index (χ1n) is 4.22. The number of hydrogen-bond donors (Lipinski definition) is 1. The Hall–Kier alpha value is -0.0500. The zero-order valence-corrected chi connectivity index (χ0v) is 10.1. The average molecular weight is 263 g/mol. The number of aryl methyl sites for hydroxylation is 1. The number of rotatable bonds is 2. The molecule has 72 valence electrons. The van der Waals surface area contributed by atoms with Crippen LogP contribution in [0.15, 0.2) is 16.6 Å². The molecule has 0 amide bonds. The van der Waals surface area contributed by atoms with Gasteiger partial charge in [0.25, 0.3) is 0 Å². The topological polar surface area (TPSA) is 26.0 Å². The number of nitrogens with two attached hydrogens (primary N) is 1. The summed E-state index contributed by atoms with van der Waals surface area (Å²) >= 11 is 9.36. The van der Waals surface area contributed by atoms with Gasteiger partial charge in [0.1, 0.15) is 0 Å². The molecule has 0 radical (unpaired) electrons. The lowest BCUT2D eigenvalue weighted by atomic mass is 9.97. The smallest absolute Gasteiger partial charge is 0.0550 e. The second kappa shape index (κ2) is 4.45. The molecule has 1 aromatic rings. The zero-order valence-electron chi connectivity index (χ0n) is 7.77. The molecule has 3 heteroatoms. The number of benzene rings is 1. The normalized spacial score (nSPS) is 13.0. The third kappa shape index (κ3) is 2.46. The van der Waals surface area contributed by atoms with Crippen molar-refractivity contribution in [1.82, 2.24) is 0 Å². The van der Waals surface area contributed by atoms with Gasteiger partial charge in [0.05, 0.1) is 5.02 Å². The highest BCUT2D eigenvalue weighted by Gasteiger charge is 2.09. The highest BCUT2D eigenvalue weighted by molar-refractivity contribution is 9.10. The van der Waals surface area contributed by atoms with E-state index in [0.717, 1.165) is 9.50 Å². The molecular weight excluding hydrogens is 249 g/mol. The van der Waals surface area contributed by atoms with Crippen molar-refractivity contribution in [1.29, 1.82) is 0 Å². The minimum Gasteiger partial charge on any atom is -0.330 e. The van der Waals surface area contributed by atoms with Gasteiger partial charge in [0, 0.05) is 4.47 Å². The molecule has 0 bridgehead atoms. The van der Waals surface area contributed by atoms with E-state index >= 15 is 0 Å². The molecule has 1 unspecified atom stereocenters. The minimum absolute atomic E-state index is 0.383. The lowest BCUT2D eigenvalue weighted by molar-refractivity contribution is 0.767. The lowest BCUT2D eigenvalue weighted by Gasteiger charge is -2.13. The third-order valence-electron chi connectivity index (χ3n) is 2.19. The van der Waals surface area contributed by atoms with Gasteiger partial charge in [-0.05, 0) is 58.6 Å². The second-order valence-electron chi connectivity index (χ2n) is 3.26. The SMILES string of the molecule is Cc1cc(Cl)c(Br)cc1C(C)CN. The van der Waals surface area contributed by atoms with Crippen molar-refractivity contribution < 1.29 is 0 Å². The van der Waals surface area contributed by atoms with E-state index in [2.05, 4.69) is 35.8 Å². The lowest BCUT2D eigenvalue weighted by Crippen LogP contribution is -2.10. The van der Waals surface area contributed by atoms with Crippen molar-refractivity contribution >= 4 is 27.5 Å². The average Bonchev–Trinajstić information content (AvgIpc) is 2.10. The van der Waals surface area contributed by atoms with Crippen LogP contribution in [0.2, 0.25) is 5.02 Å². The van der Waals surface area contributed by atoms with Gasteiger partial charge in [-0.25, -0.2) is 0 Å². The highest BCUT2D eigenvalue weighted by atomic mass is 79.9. The molecule has 0 saturated carbocycles. The van der Waals surface area contributed by atoms with Crippen molar-refractivity contribution in [3.63, 3.8) is 0 Å². The summed E-state index contributed by atoms with van der Waals surface area (Å²) in [7, 11) is 0. The van der Waals surface area contributed by atoms with Crippen LogP contribution in [0.4, 0.5) is 0 Å². The molecule has 0 aromatic heterocycles. The maximum atomic E-state index is 5.96. The molecule has 0 aliphatic heterocycles. The van der Waals surface area contributed by atoms with E-state index in [1.807, 2.05) is 6.07 Å². The predicted molar refractivity (Wildman–Crippen MR) is 61.4 cm³/mol. The fraction of sp³-hybridized carbons (Fsp3) is 0.400. The first-order valence-corrected chi connectivity index (χ1v) is 5.39. The Morgan fingerprint density at radius 3 is 2.69 bits per heavy atom. The summed E-state index contributed by atoms with van der Waals surface area (Å²) < 4.78 is 0.940. The summed E-state index contributed by atoms with van der Waals surface area (Å²) in [6.07, 6.45) is 0. The fourth-order valence-electron chi connectivity index (χ4n) is 1.32. The molecule has 2 N–H and O–H groups in total. The minimum atomic E-state index is 0.383. The molecule has 0 saturated heterocycles. The van der Waals surface area contributed by atoms with Crippen LogP contribution in [0, 0.1) is 6.92 Å². The van der Waals surface area contributed by atoms with Crippen LogP contribution in [0.3, 0.4) is 0 Å². The van der Waals surface area contributed by atoms with Crippen LogP contribution in [0.5, 0.6) is 0 Å². The fourth-order valence-corrected chi connectivity index (χ4v) is 1.90. The Labute approximate surface area is 92.4 Å². The first-order chi connectivity index (χ1) is 6.06. The van der Waals surface area contributed by atoms with Gasteiger partial charge >= 0.3 is 0 Å². The van der Waals surface area contributed by atoms with Gasteiger partial charge in [-0.15, -0.1) is 0 Å². The molecule has 1 aromatic carbocycles.